The molecule has 4 rings (SSSR count). The first-order chi connectivity index (χ1) is 11.7. The molecule has 24 heavy (non-hydrogen) atoms. The van der Waals surface area contributed by atoms with Crippen molar-refractivity contribution < 1.29 is 13.9 Å². The van der Waals surface area contributed by atoms with Crippen LogP contribution in [0.4, 0.5) is 10.5 Å². The van der Waals surface area contributed by atoms with E-state index >= 15 is 0 Å². The largest absolute Gasteiger partial charge is 0.497 e. The van der Waals surface area contributed by atoms with Crippen LogP contribution in [0, 0.1) is 0 Å². The SMILES string of the molecule is COc1ccc(C2NC(=O)Nc3c2c(=O)oc2ccccc32)cc1. The third-order valence-electron chi connectivity index (χ3n) is 4.10. The molecule has 120 valence electrons. The van der Waals surface area contributed by atoms with Crippen LogP contribution in [-0.2, 0) is 0 Å². The third kappa shape index (κ3) is 2.20. The lowest BCUT2D eigenvalue weighted by Gasteiger charge is -2.27. The van der Waals surface area contributed by atoms with Gasteiger partial charge in [-0.3, -0.25) is 0 Å². The zero-order chi connectivity index (χ0) is 16.7. The minimum absolute atomic E-state index is 0.362. The molecule has 0 spiro atoms. The topological polar surface area (TPSA) is 80.6 Å². The summed E-state index contributed by atoms with van der Waals surface area (Å²) in [6.07, 6.45) is 0. The Morgan fingerprint density at radius 1 is 1.04 bits per heavy atom. The number of ether oxygens (including phenoxy) is 1. The van der Waals surface area contributed by atoms with E-state index in [0.717, 1.165) is 5.56 Å². The van der Waals surface area contributed by atoms with Crippen molar-refractivity contribution >= 4 is 22.7 Å². The smallest absolute Gasteiger partial charge is 0.344 e. The number of hydrogen-bond donors (Lipinski definition) is 2. The first-order valence-electron chi connectivity index (χ1n) is 7.44. The van der Waals surface area contributed by atoms with Crippen molar-refractivity contribution in [2.45, 2.75) is 6.04 Å². The normalized spacial score (nSPS) is 16.2. The number of urea groups is 1. The summed E-state index contributed by atoms with van der Waals surface area (Å²) in [6, 6.07) is 13.4. The van der Waals surface area contributed by atoms with Crippen LogP contribution in [0.1, 0.15) is 17.2 Å². The van der Waals surface area contributed by atoms with Gasteiger partial charge in [0.05, 0.1) is 24.4 Å². The van der Waals surface area contributed by atoms with Crippen molar-refractivity contribution in [3.05, 3.63) is 70.1 Å². The quantitative estimate of drug-likeness (QED) is 0.711. The molecule has 0 bridgehead atoms. The molecule has 2 heterocycles. The lowest BCUT2D eigenvalue weighted by atomic mass is 9.95. The van der Waals surface area contributed by atoms with Gasteiger partial charge in [0.2, 0.25) is 0 Å². The highest BCUT2D eigenvalue weighted by molar-refractivity contribution is 6.03. The summed E-state index contributed by atoms with van der Waals surface area (Å²) in [5.74, 6) is 0.699. The van der Waals surface area contributed by atoms with Gasteiger partial charge >= 0.3 is 11.7 Å². The standard InChI is InChI=1S/C18H14N2O4/c1-23-11-8-6-10(7-9-11)15-14-16(20-18(22)19-15)12-4-2-3-5-13(12)24-17(14)21/h2-9,15H,1H3,(H2,19,20,22). The van der Waals surface area contributed by atoms with Crippen LogP contribution in [0.5, 0.6) is 5.75 Å². The van der Waals surface area contributed by atoms with E-state index in [-0.39, 0.29) is 6.03 Å². The number of amides is 2. The molecule has 0 aliphatic carbocycles. The Balaban J connectivity index is 1.94. The van der Waals surface area contributed by atoms with Crippen LogP contribution in [-0.4, -0.2) is 13.1 Å². The van der Waals surface area contributed by atoms with Crippen LogP contribution in [0.25, 0.3) is 11.0 Å². The Morgan fingerprint density at radius 2 is 1.79 bits per heavy atom. The average molecular weight is 322 g/mol. The fraction of sp³-hybridized carbons (Fsp3) is 0.111. The number of rotatable bonds is 2. The molecule has 1 aromatic heterocycles. The Kier molecular flexibility index (Phi) is 3.23. The number of anilines is 1. The van der Waals surface area contributed by atoms with Crippen LogP contribution >= 0.6 is 0 Å². The highest BCUT2D eigenvalue weighted by Gasteiger charge is 2.31. The third-order valence-corrected chi connectivity index (χ3v) is 4.10. The van der Waals surface area contributed by atoms with Gasteiger partial charge in [-0.25, -0.2) is 9.59 Å². The van der Waals surface area contributed by atoms with Gasteiger partial charge in [0.25, 0.3) is 0 Å². The molecular weight excluding hydrogens is 308 g/mol. The summed E-state index contributed by atoms with van der Waals surface area (Å²) in [7, 11) is 1.58. The highest BCUT2D eigenvalue weighted by atomic mass is 16.5. The molecular formula is C18H14N2O4. The van der Waals surface area contributed by atoms with E-state index in [1.54, 1.807) is 31.4 Å². The van der Waals surface area contributed by atoms with Gasteiger partial charge in [-0.2, -0.15) is 0 Å². The van der Waals surface area contributed by atoms with E-state index < -0.39 is 11.7 Å². The summed E-state index contributed by atoms with van der Waals surface area (Å²) in [5.41, 5.74) is 1.62. The van der Waals surface area contributed by atoms with E-state index in [4.69, 9.17) is 9.15 Å². The highest BCUT2D eigenvalue weighted by Crippen LogP contribution is 2.34. The van der Waals surface area contributed by atoms with Gasteiger partial charge in [-0.05, 0) is 29.8 Å². The molecule has 0 radical (unpaired) electrons. The number of methoxy groups -OCH3 is 1. The number of carbonyl (C=O) groups excluding carboxylic acids is 1. The number of para-hydroxylation sites is 1. The Bertz CT molecular complexity index is 992. The summed E-state index contributed by atoms with van der Waals surface area (Å²) >= 11 is 0. The van der Waals surface area contributed by atoms with Gasteiger partial charge < -0.3 is 19.8 Å². The van der Waals surface area contributed by atoms with Crippen LogP contribution in [0.15, 0.2) is 57.7 Å². The molecule has 0 saturated heterocycles. The van der Waals surface area contributed by atoms with Gasteiger partial charge in [0.1, 0.15) is 11.3 Å². The first-order valence-corrected chi connectivity index (χ1v) is 7.44. The van der Waals surface area contributed by atoms with Crippen LogP contribution in [0.3, 0.4) is 0 Å². The van der Waals surface area contributed by atoms with Crippen molar-refractivity contribution in [2.75, 3.05) is 12.4 Å². The summed E-state index contributed by atoms with van der Waals surface area (Å²) < 4.78 is 10.6. The molecule has 2 N–H and O–H groups in total. The molecule has 3 aromatic rings. The number of fused-ring (bicyclic) bond motifs is 3. The van der Waals surface area contributed by atoms with E-state index in [2.05, 4.69) is 10.6 Å². The lowest BCUT2D eigenvalue weighted by molar-refractivity contribution is 0.248. The van der Waals surface area contributed by atoms with Crippen molar-refractivity contribution in [1.29, 1.82) is 0 Å². The Labute approximate surface area is 137 Å². The van der Waals surface area contributed by atoms with Crippen molar-refractivity contribution in [1.82, 2.24) is 5.32 Å². The molecule has 0 saturated carbocycles. The summed E-state index contributed by atoms with van der Waals surface area (Å²) in [5, 5.41) is 6.21. The van der Waals surface area contributed by atoms with E-state index in [0.29, 0.717) is 28.0 Å². The number of hydrogen-bond acceptors (Lipinski definition) is 4. The molecule has 1 aliphatic heterocycles. The van der Waals surface area contributed by atoms with E-state index in [9.17, 15) is 9.59 Å². The van der Waals surface area contributed by atoms with Crippen molar-refractivity contribution in [2.24, 2.45) is 0 Å². The average Bonchev–Trinajstić information content (AvgIpc) is 2.61. The van der Waals surface area contributed by atoms with Gasteiger partial charge in [0.15, 0.2) is 0 Å². The predicted octanol–water partition coefficient (Wildman–Crippen LogP) is 3.03. The Morgan fingerprint density at radius 3 is 2.54 bits per heavy atom. The predicted molar refractivity (Wildman–Crippen MR) is 89.5 cm³/mol. The van der Waals surface area contributed by atoms with Crippen molar-refractivity contribution in [3.8, 4) is 5.75 Å². The summed E-state index contributed by atoms with van der Waals surface area (Å²) in [6.45, 7) is 0. The van der Waals surface area contributed by atoms with Crippen LogP contribution < -0.4 is 21.0 Å². The van der Waals surface area contributed by atoms with Crippen molar-refractivity contribution in [3.63, 3.8) is 0 Å². The fourth-order valence-electron chi connectivity index (χ4n) is 2.96. The molecule has 1 unspecified atom stereocenters. The maximum Gasteiger partial charge on any atom is 0.344 e. The second-order valence-corrected chi connectivity index (χ2v) is 5.48. The molecule has 6 heteroatoms. The molecule has 1 aliphatic rings. The van der Waals surface area contributed by atoms with E-state index in [1.165, 1.54) is 0 Å². The van der Waals surface area contributed by atoms with Gasteiger partial charge in [-0.15, -0.1) is 0 Å². The minimum atomic E-state index is -0.583. The van der Waals surface area contributed by atoms with Crippen LogP contribution in [0.2, 0.25) is 0 Å². The maximum atomic E-state index is 12.5. The first kappa shape index (κ1) is 14.3. The molecule has 1 atom stereocenters. The second-order valence-electron chi connectivity index (χ2n) is 5.48. The van der Waals surface area contributed by atoms with E-state index in [1.807, 2.05) is 24.3 Å². The maximum absolute atomic E-state index is 12.5. The van der Waals surface area contributed by atoms with Gasteiger partial charge in [0, 0.05) is 5.39 Å². The lowest BCUT2D eigenvalue weighted by Crippen LogP contribution is -2.41. The zero-order valence-electron chi connectivity index (χ0n) is 12.8. The number of carbonyl (C=O) groups is 1. The molecule has 6 nitrogen and oxygen atoms in total. The monoisotopic (exact) mass is 322 g/mol. The Hall–Kier alpha value is -3.28. The minimum Gasteiger partial charge on any atom is -0.497 e. The zero-order valence-corrected chi connectivity index (χ0v) is 12.8. The molecule has 2 amide bonds. The fourth-order valence-corrected chi connectivity index (χ4v) is 2.96. The number of nitrogens with one attached hydrogen (secondary N) is 2. The molecule has 2 aromatic carbocycles. The number of benzene rings is 2. The van der Waals surface area contributed by atoms with Gasteiger partial charge in [-0.1, -0.05) is 24.3 Å². The molecule has 0 fully saturated rings. The summed E-state index contributed by atoms with van der Waals surface area (Å²) in [4.78, 5) is 24.6. The second kappa shape index (κ2) is 5.42.